The van der Waals surface area contributed by atoms with Crippen LogP contribution in [0.25, 0.3) is 0 Å². The second kappa shape index (κ2) is 3.46. The van der Waals surface area contributed by atoms with Crippen molar-refractivity contribution in [1.29, 1.82) is 0 Å². The summed E-state index contributed by atoms with van der Waals surface area (Å²) < 4.78 is 12.9. The molecule has 1 atom stereocenters. The van der Waals surface area contributed by atoms with Crippen LogP contribution in [0, 0.1) is 5.82 Å². The number of rotatable bonds is 2. The number of hydrogen-bond donors (Lipinski definition) is 1. The normalized spacial score (nSPS) is 20.3. The first kappa shape index (κ1) is 8.70. The summed E-state index contributed by atoms with van der Waals surface area (Å²) in [5, 5.41) is 3.17. The standard InChI is InChI=1S/C11H14FN/c1-13-7-9-3-2-8-6-10(12)4-5-11(8)9/h4-6,9,13H,2-3,7H2,1H3. The third-order valence-electron chi connectivity index (χ3n) is 2.76. The number of benzene rings is 1. The van der Waals surface area contributed by atoms with Gasteiger partial charge in [0.25, 0.3) is 0 Å². The highest BCUT2D eigenvalue weighted by Gasteiger charge is 2.21. The summed E-state index contributed by atoms with van der Waals surface area (Å²) in [6.07, 6.45) is 2.18. The molecule has 1 aliphatic rings. The largest absolute Gasteiger partial charge is 0.319 e. The van der Waals surface area contributed by atoms with Crippen LogP contribution in [-0.4, -0.2) is 13.6 Å². The van der Waals surface area contributed by atoms with Gasteiger partial charge in [-0.1, -0.05) is 6.07 Å². The van der Waals surface area contributed by atoms with Gasteiger partial charge in [-0.25, -0.2) is 4.39 Å². The quantitative estimate of drug-likeness (QED) is 0.733. The molecule has 70 valence electrons. The Kier molecular flexibility index (Phi) is 2.32. The highest BCUT2D eigenvalue weighted by molar-refractivity contribution is 5.35. The first-order chi connectivity index (χ1) is 6.31. The van der Waals surface area contributed by atoms with Gasteiger partial charge in [-0.15, -0.1) is 0 Å². The molecule has 0 saturated carbocycles. The molecule has 1 aromatic carbocycles. The minimum absolute atomic E-state index is 0.108. The zero-order chi connectivity index (χ0) is 9.26. The van der Waals surface area contributed by atoms with Crippen LogP contribution in [0.4, 0.5) is 4.39 Å². The minimum Gasteiger partial charge on any atom is -0.319 e. The molecule has 1 aromatic rings. The molecular formula is C11H14FN. The van der Waals surface area contributed by atoms with E-state index in [-0.39, 0.29) is 5.82 Å². The van der Waals surface area contributed by atoms with Crippen LogP contribution in [0.15, 0.2) is 18.2 Å². The monoisotopic (exact) mass is 179 g/mol. The molecular weight excluding hydrogens is 165 g/mol. The number of hydrogen-bond acceptors (Lipinski definition) is 1. The maximum atomic E-state index is 12.9. The molecule has 0 amide bonds. The Bertz CT molecular complexity index is 309. The van der Waals surface area contributed by atoms with Gasteiger partial charge in [-0.3, -0.25) is 0 Å². The Morgan fingerprint density at radius 1 is 1.54 bits per heavy atom. The van der Waals surface area contributed by atoms with E-state index in [4.69, 9.17) is 0 Å². The SMILES string of the molecule is CNCC1CCc2cc(F)ccc21. The van der Waals surface area contributed by atoms with E-state index in [9.17, 15) is 4.39 Å². The number of likely N-dealkylation sites (N-methyl/N-ethyl adjacent to an activating group) is 1. The molecule has 2 rings (SSSR count). The average molecular weight is 179 g/mol. The molecule has 1 N–H and O–H groups in total. The highest BCUT2D eigenvalue weighted by Crippen LogP contribution is 2.32. The van der Waals surface area contributed by atoms with Crippen molar-refractivity contribution in [3.63, 3.8) is 0 Å². The molecule has 13 heavy (non-hydrogen) atoms. The van der Waals surface area contributed by atoms with Crippen molar-refractivity contribution >= 4 is 0 Å². The van der Waals surface area contributed by atoms with Crippen LogP contribution in [0.3, 0.4) is 0 Å². The zero-order valence-electron chi connectivity index (χ0n) is 7.81. The number of aryl methyl sites for hydroxylation is 1. The van der Waals surface area contributed by atoms with E-state index in [1.807, 2.05) is 13.1 Å². The Labute approximate surface area is 78.0 Å². The minimum atomic E-state index is -0.108. The molecule has 0 bridgehead atoms. The predicted molar refractivity (Wildman–Crippen MR) is 51.4 cm³/mol. The zero-order valence-corrected chi connectivity index (χ0v) is 7.81. The second-order valence-corrected chi connectivity index (χ2v) is 3.64. The van der Waals surface area contributed by atoms with Crippen molar-refractivity contribution in [1.82, 2.24) is 5.32 Å². The second-order valence-electron chi connectivity index (χ2n) is 3.64. The Morgan fingerprint density at radius 3 is 3.15 bits per heavy atom. The fourth-order valence-electron chi connectivity index (χ4n) is 2.13. The van der Waals surface area contributed by atoms with Crippen molar-refractivity contribution in [2.75, 3.05) is 13.6 Å². The molecule has 1 nitrogen and oxygen atoms in total. The van der Waals surface area contributed by atoms with E-state index in [0.29, 0.717) is 5.92 Å². The fraction of sp³-hybridized carbons (Fsp3) is 0.455. The van der Waals surface area contributed by atoms with Gasteiger partial charge in [-0.2, -0.15) is 0 Å². The number of fused-ring (bicyclic) bond motifs is 1. The van der Waals surface area contributed by atoms with Crippen LogP contribution < -0.4 is 5.32 Å². The van der Waals surface area contributed by atoms with Crippen molar-refractivity contribution in [2.45, 2.75) is 18.8 Å². The lowest BCUT2D eigenvalue weighted by atomic mass is 10.0. The molecule has 1 aliphatic carbocycles. The van der Waals surface area contributed by atoms with Crippen LogP contribution in [0.2, 0.25) is 0 Å². The van der Waals surface area contributed by atoms with E-state index in [0.717, 1.165) is 19.4 Å². The van der Waals surface area contributed by atoms with Crippen molar-refractivity contribution in [3.05, 3.63) is 35.1 Å². The van der Waals surface area contributed by atoms with Crippen LogP contribution in [-0.2, 0) is 6.42 Å². The van der Waals surface area contributed by atoms with Crippen molar-refractivity contribution in [3.8, 4) is 0 Å². The summed E-state index contributed by atoms with van der Waals surface area (Å²) >= 11 is 0. The van der Waals surface area contributed by atoms with Gasteiger partial charge in [0, 0.05) is 6.54 Å². The van der Waals surface area contributed by atoms with Crippen LogP contribution >= 0.6 is 0 Å². The summed E-state index contributed by atoms with van der Waals surface area (Å²) in [6.45, 7) is 0.999. The first-order valence-corrected chi connectivity index (χ1v) is 4.74. The average Bonchev–Trinajstić information content (AvgIpc) is 2.49. The maximum absolute atomic E-state index is 12.9. The molecule has 1 unspecified atom stereocenters. The summed E-state index contributed by atoms with van der Waals surface area (Å²) in [4.78, 5) is 0. The van der Waals surface area contributed by atoms with Gasteiger partial charge in [0.1, 0.15) is 5.82 Å². The van der Waals surface area contributed by atoms with Gasteiger partial charge in [0.15, 0.2) is 0 Å². The lowest BCUT2D eigenvalue weighted by Gasteiger charge is -2.09. The van der Waals surface area contributed by atoms with E-state index in [1.165, 1.54) is 11.1 Å². The van der Waals surface area contributed by atoms with E-state index in [2.05, 4.69) is 5.32 Å². The third-order valence-corrected chi connectivity index (χ3v) is 2.76. The first-order valence-electron chi connectivity index (χ1n) is 4.74. The predicted octanol–water partition coefficient (Wildman–Crippen LogP) is 2.07. The van der Waals surface area contributed by atoms with Gasteiger partial charge >= 0.3 is 0 Å². The molecule has 0 fully saturated rings. The van der Waals surface area contributed by atoms with Gasteiger partial charge in [-0.05, 0) is 49.1 Å². The van der Waals surface area contributed by atoms with Gasteiger partial charge in [0.2, 0.25) is 0 Å². The van der Waals surface area contributed by atoms with Crippen molar-refractivity contribution < 1.29 is 4.39 Å². The maximum Gasteiger partial charge on any atom is 0.123 e. The van der Waals surface area contributed by atoms with Crippen molar-refractivity contribution in [2.24, 2.45) is 0 Å². The Balaban J connectivity index is 2.27. The van der Waals surface area contributed by atoms with E-state index in [1.54, 1.807) is 12.1 Å². The Hall–Kier alpha value is -0.890. The van der Waals surface area contributed by atoms with Crippen LogP contribution in [0.1, 0.15) is 23.5 Å². The fourth-order valence-corrected chi connectivity index (χ4v) is 2.13. The summed E-state index contributed by atoms with van der Waals surface area (Å²) in [5.41, 5.74) is 2.52. The summed E-state index contributed by atoms with van der Waals surface area (Å²) in [6, 6.07) is 5.16. The molecule has 0 saturated heterocycles. The molecule has 0 aromatic heterocycles. The lowest BCUT2D eigenvalue weighted by Crippen LogP contribution is -2.15. The molecule has 0 heterocycles. The molecule has 0 aliphatic heterocycles. The van der Waals surface area contributed by atoms with Gasteiger partial charge in [0.05, 0.1) is 0 Å². The highest BCUT2D eigenvalue weighted by atomic mass is 19.1. The number of nitrogens with one attached hydrogen (secondary N) is 1. The summed E-state index contributed by atoms with van der Waals surface area (Å²) in [7, 11) is 1.96. The topological polar surface area (TPSA) is 12.0 Å². The van der Waals surface area contributed by atoms with Crippen LogP contribution in [0.5, 0.6) is 0 Å². The van der Waals surface area contributed by atoms with E-state index < -0.39 is 0 Å². The number of halogens is 1. The smallest absolute Gasteiger partial charge is 0.123 e. The molecule has 0 radical (unpaired) electrons. The lowest BCUT2D eigenvalue weighted by molar-refractivity contribution is 0.621. The van der Waals surface area contributed by atoms with E-state index >= 15 is 0 Å². The summed E-state index contributed by atoms with van der Waals surface area (Å²) in [5.74, 6) is 0.476. The molecule has 2 heteroatoms. The molecule has 0 spiro atoms. The third kappa shape index (κ3) is 1.59. The van der Waals surface area contributed by atoms with Gasteiger partial charge < -0.3 is 5.32 Å². The Morgan fingerprint density at radius 2 is 2.38 bits per heavy atom.